The standard InChI is InChI=1S/C24H26N4O4/c1-24(15-28-18-10-6-4-8-16(18)12-19(28)22(30)27(24)2)23(31)26-14-21(29)25-13-17-9-5-7-11-20(17)32-3/h4-12H,13-15H2,1-3H3,(H,25,29)(H,26,31)/t24-/m1/s1. The van der Waals surface area contributed by atoms with Gasteiger partial charge >= 0.3 is 0 Å². The number of methoxy groups -OCH3 is 1. The molecule has 4 rings (SSSR count). The van der Waals surface area contributed by atoms with Gasteiger partial charge in [-0.1, -0.05) is 36.4 Å². The van der Waals surface area contributed by atoms with E-state index in [-0.39, 0.29) is 30.8 Å². The first-order valence-corrected chi connectivity index (χ1v) is 10.4. The zero-order chi connectivity index (χ0) is 22.9. The molecule has 0 saturated heterocycles. The van der Waals surface area contributed by atoms with Crippen LogP contribution in [0.5, 0.6) is 5.75 Å². The second-order valence-corrected chi connectivity index (χ2v) is 8.08. The molecule has 3 amide bonds. The Balaban J connectivity index is 1.43. The van der Waals surface area contributed by atoms with Crippen LogP contribution in [0, 0.1) is 0 Å². The van der Waals surface area contributed by atoms with Crippen molar-refractivity contribution in [1.82, 2.24) is 20.1 Å². The Morgan fingerprint density at radius 1 is 1.09 bits per heavy atom. The summed E-state index contributed by atoms with van der Waals surface area (Å²) in [6, 6.07) is 16.9. The smallest absolute Gasteiger partial charge is 0.271 e. The fraction of sp³-hybridized carbons (Fsp3) is 0.292. The highest BCUT2D eigenvalue weighted by atomic mass is 16.5. The van der Waals surface area contributed by atoms with Crippen LogP contribution in [-0.4, -0.2) is 53.4 Å². The summed E-state index contributed by atoms with van der Waals surface area (Å²) in [5.41, 5.74) is 1.16. The number of fused-ring (bicyclic) bond motifs is 3. The maximum absolute atomic E-state index is 13.1. The zero-order valence-electron chi connectivity index (χ0n) is 18.3. The van der Waals surface area contributed by atoms with Gasteiger partial charge in [-0.25, -0.2) is 0 Å². The Bertz CT molecular complexity index is 1200. The Labute approximate surface area is 186 Å². The Morgan fingerprint density at radius 2 is 1.81 bits per heavy atom. The van der Waals surface area contributed by atoms with E-state index in [4.69, 9.17) is 4.74 Å². The van der Waals surface area contributed by atoms with Crippen LogP contribution in [0.25, 0.3) is 10.9 Å². The van der Waals surface area contributed by atoms with Crippen molar-refractivity contribution in [2.24, 2.45) is 0 Å². The van der Waals surface area contributed by atoms with Crippen LogP contribution in [0.15, 0.2) is 54.6 Å². The number of carbonyl (C=O) groups excluding carboxylic acids is 3. The summed E-state index contributed by atoms with van der Waals surface area (Å²) in [7, 11) is 3.19. The third kappa shape index (κ3) is 3.68. The van der Waals surface area contributed by atoms with Gasteiger partial charge in [-0.3, -0.25) is 14.4 Å². The fourth-order valence-electron chi connectivity index (χ4n) is 4.05. The molecule has 2 aromatic carbocycles. The monoisotopic (exact) mass is 434 g/mol. The summed E-state index contributed by atoms with van der Waals surface area (Å²) in [6.45, 7) is 2.11. The molecule has 0 unspecified atom stereocenters. The summed E-state index contributed by atoms with van der Waals surface area (Å²) in [5, 5.41) is 6.42. The molecule has 1 atom stereocenters. The number of amides is 3. The van der Waals surface area contributed by atoms with Gasteiger partial charge in [0, 0.05) is 30.1 Å². The Hall–Kier alpha value is -3.81. The predicted molar refractivity (Wildman–Crippen MR) is 120 cm³/mol. The van der Waals surface area contributed by atoms with Gasteiger partial charge in [0.2, 0.25) is 11.8 Å². The minimum absolute atomic E-state index is 0.190. The van der Waals surface area contributed by atoms with Gasteiger partial charge in [-0.15, -0.1) is 0 Å². The molecule has 0 saturated carbocycles. The van der Waals surface area contributed by atoms with E-state index in [9.17, 15) is 14.4 Å². The van der Waals surface area contributed by atoms with Crippen LogP contribution in [0.4, 0.5) is 0 Å². The van der Waals surface area contributed by atoms with Crippen molar-refractivity contribution in [3.8, 4) is 5.75 Å². The molecule has 2 heterocycles. The first-order valence-electron chi connectivity index (χ1n) is 10.4. The number of nitrogens with zero attached hydrogens (tertiary/aromatic N) is 2. The largest absolute Gasteiger partial charge is 0.496 e. The molecule has 1 aliphatic heterocycles. The minimum atomic E-state index is -1.13. The van der Waals surface area contributed by atoms with Gasteiger partial charge in [-0.05, 0) is 25.1 Å². The van der Waals surface area contributed by atoms with Gasteiger partial charge in [0.15, 0.2) is 0 Å². The van der Waals surface area contributed by atoms with Gasteiger partial charge in [0.25, 0.3) is 5.91 Å². The molecular weight excluding hydrogens is 408 g/mol. The second-order valence-electron chi connectivity index (χ2n) is 8.08. The molecule has 2 N–H and O–H groups in total. The van der Waals surface area contributed by atoms with Crippen LogP contribution in [0.2, 0.25) is 0 Å². The van der Waals surface area contributed by atoms with Gasteiger partial charge in [-0.2, -0.15) is 0 Å². The third-order valence-corrected chi connectivity index (χ3v) is 6.11. The number of benzene rings is 2. The molecule has 3 aromatic rings. The lowest BCUT2D eigenvalue weighted by atomic mass is 9.95. The van der Waals surface area contributed by atoms with Crippen molar-refractivity contribution < 1.29 is 19.1 Å². The van der Waals surface area contributed by atoms with Crippen molar-refractivity contribution in [3.05, 3.63) is 65.9 Å². The maximum atomic E-state index is 13.1. The summed E-state index contributed by atoms with van der Waals surface area (Å²) in [5.74, 6) is -0.263. The van der Waals surface area contributed by atoms with E-state index in [0.29, 0.717) is 18.0 Å². The van der Waals surface area contributed by atoms with Crippen molar-refractivity contribution in [2.45, 2.75) is 25.6 Å². The summed E-state index contributed by atoms with van der Waals surface area (Å²) in [6.07, 6.45) is 0. The van der Waals surface area contributed by atoms with E-state index in [1.807, 2.05) is 59.2 Å². The minimum Gasteiger partial charge on any atom is -0.496 e. The highest BCUT2D eigenvalue weighted by Gasteiger charge is 2.45. The lowest BCUT2D eigenvalue weighted by molar-refractivity contribution is -0.134. The second kappa shape index (κ2) is 8.37. The van der Waals surface area contributed by atoms with Gasteiger partial charge in [0.05, 0.1) is 20.2 Å². The fourth-order valence-corrected chi connectivity index (χ4v) is 4.05. The summed E-state index contributed by atoms with van der Waals surface area (Å²) >= 11 is 0. The van der Waals surface area contributed by atoms with Crippen LogP contribution in [0.1, 0.15) is 23.0 Å². The number of hydrogen-bond donors (Lipinski definition) is 2. The van der Waals surface area contributed by atoms with E-state index in [1.165, 1.54) is 4.90 Å². The first kappa shape index (κ1) is 21.4. The molecule has 1 aromatic heterocycles. The zero-order valence-corrected chi connectivity index (χ0v) is 18.3. The van der Waals surface area contributed by atoms with Crippen molar-refractivity contribution in [1.29, 1.82) is 0 Å². The van der Waals surface area contributed by atoms with Crippen LogP contribution in [-0.2, 0) is 22.7 Å². The highest BCUT2D eigenvalue weighted by molar-refractivity contribution is 6.03. The van der Waals surface area contributed by atoms with Crippen molar-refractivity contribution >= 4 is 28.6 Å². The molecule has 0 radical (unpaired) electrons. The summed E-state index contributed by atoms with van der Waals surface area (Å²) < 4.78 is 7.16. The molecule has 0 fully saturated rings. The highest BCUT2D eigenvalue weighted by Crippen LogP contribution is 2.31. The molecule has 0 spiro atoms. The molecule has 0 bridgehead atoms. The maximum Gasteiger partial charge on any atom is 0.271 e. The van der Waals surface area contributed by atoms with Gasteiger partial charge in [0.1, 0.15) is 17.0 Å². The van der Waals surface area contributed by atoms with Crippen molar-refractivity contribution in [2.75, 3.05) is 20.7 Å². The van der Waals surface area contributed by atoms with Gasteiger partial charge < -0.3 is 24.8 Å². The van der Waals surface area contributed by atoms with Crippen molar-refractivity contribution in [3.63, 3.8) is 0 Å². The number of para-hydroxylation sites is 2. The number of hydrogen-bond acceptors (Lipinski definition) is 4. The first-order chi connectivity index (χ1) is 15.3. The quantitative estimate of drug-likeness (QED) is 0.620. The van der Waals surface area contributed by atoms with E-state index in [2.05, 4.69) is 10.6 Å². The van der Waals surface area contributed by atoms with E-state index < -0.39 is 5.54 Å². The molecule has 1 aliphatic rings. The Morgan fingerprint density at radius 3 is 2.59 bits per heavy atom. The van der Waals surface area contributed by atoms with Crippen LogP contribution >= 0.6 is 0 Å². The third-order valence-electron chi connectivity index (χ3n) is 6.11. The SMILES string of the molecule is COc1ccccc1CNC(=O)CNC(=O)[C@@]1(C)Cn2c(cc3ccccc32)C(=O)N1C. The average Bonchev–Trinajstić information content (AvgIpc) is 3.18. The lowest BCUT2D eigenvalue weighted by Gasteiger charge is -2.41. The molecule has 0 aliphatic carbocycles. The number of ether oxygens (including phenoxy) is 1. The topological polar surface area (TPSA) is 92.7 Å². The molecule has 8 heteroatoms. The Kier molecular flexibility index (Phi) is 5.61. The molecule has 166 valence electrons. The summed E-state index contributed by atoms with van der Waals surface area (Å²) in [4.78, 5) is 39.9. The molecule has 32 heavy (non-hydrogen) atoms. The van der Waals surface area contributed by atoms with E-state index in [0.717, 1.165) is 16.5 Å². The molecule has 8 nitrogen and oxygen atoms in total. The lowest BCUT2D eigenvalue weighted by Crippen LogP contribution is -2.63. The number of nitrogens with one attached hydrogen (secondary N) is 2. The predicted octanol–water partition coefficient (Wildman–Crippen LogP) is 1.93. The molecular formula is C24H26N4O4. The van der Waals surface area contributed by atoms with Crippen LogP contribution < -0.4 is 15.4 Å². The van der Waals surface area contributed by atoms with Crippen LogP contribution in [0.3, 0.4) is 0 Å². The average molecular weight is 434 g/mol. The number of carbonyl (C=O) groups is 3. The number of likely N-dealkylation sites (N-methyl/N-ethyl adjacent to an activating group) is 1. The van der Waals surface area contributed by atoms with E-state index in [1.54, 1.807) is 21.1 Å². The number of rotatable bonds is 6. The normalized spacial score (nSPS) is 17.7. The number of aromatic nitrogens is 1. The van der Waals surface area contributed by atoms with E-state index >= 15 is 0 Å².